The molecule has 1 fully saturated rings. The summed E-state index contributed by atoms with van der Waals surface area (Å²) in [7, 11) is 0. The highest BCUT2D eigenvalue weighted by atomic mass is 16.1. The number of hydrogen-bond donors (Lipinski definition) is 0. The van der Waals surface area contributed by atoms with Crippen LogP contribution in [0, 0.1) is 5.92 Å². The molecule has 1 unspecified atom stereocenters. The average Bonchev–Trinajstić information content (AvgIpc) is 2.96. The van der Waals surface area contributed by atoms with Crippen LogP contribution in [0.2, 0.25) is 0 Å². The normalized spacial score (nSPS) is 19.4. The van der Waals surface area contributed by atoms with Crippen molar-refractivity contribution in [1.29, 1.82) is 0 Å². The van der Waals surface area contributed by atoms with Crippen LogP contribution in [0.3, 0.4) is 0 Å². The van der Waals surface area contributed by atoms with E-state index >= 15 is 0 Å². The van der Waals surface area contributed by atoms with E-state index in [9.17, 15) is 4.79 Å². The number of imidazole rings is 1. The van der Waals surface area contributed by atoms with E-state index in [1.807, 2.05) is 6.07 Å². The van der Waals surface area contributed by atoms with Crippen molar-refractivity contribution in [3.05, 3.63) is 30.1 Å². The topological polar surface area (TPSA) is 34.9 Å². The zero-order valence-corrected chi connectivity index (χ0v) is 11.4. The minimum absolute atomic E-state index is 0.201. The van der Waals surface area contributed by atoms with Gasteiger partial charge in [-0.15, -0.1) is 0 Å². The Morgan fingerprint density at radius 3 is 2.95 bits per heavy atom. The maximum absolute atomic E-state index is 11.8. The van der Waals surface area contributed by atoms with Crippen molar-refractivity contribution < 1.29 is 4.79 Å². The van der Waals surface area contributed by atoms with Gasteiger partial charge in [0.2, 0.25) is 0 Å². The van der Waals surface area contributed by atoms with Gasteiger partial charge >= 0.3 is 0 Å². The summed E-state index contributed by atoms with van der Waals surface area (Å²) in [6.45, 7) is 3.16. The minimum Gasteiger partial charge on any atom is -0.328 e. The molecule has 3 nitrogen and oxygen atoms in total. The number of benzene rings is 1. The molecule has 0 bridgehead atoms. The van der Waals surface area contributed by atoms with Gasteiger partial charge in [-0.1, -0.05) is 19.1 Å². The second-order valence-electron chi connectivity index (χ2n) is 5.43. The summed E-state index contributed by atoms with van der Waals surface area (Å²) in [5.41, 5.74) is 2.25. The first-order valence-electron chi connectivity index (χ1n) is 7.26. The SMILES string of the molecule is CCCn1c(CC2CCCC2=O)nc2ccccc21. The first-order valence-corrected chi connectivity index (χ1v) is 7.26. The number of ketones is 1. The number of aromatic nitrogens is 2. The van der Waals surface area contributed by atoms with E-state index in [4.69, 9.17) is 4.98 Å². The highest BCUT2D eigenvalue weighted by Gasteiger charge is 2.26. The van der Waals surface area contributed by atoms with E-state index < -0.39 is 0 Å². The molecule has 3 rings (SSSR count). The van der Waals surface area contributed by atoms with Crippen LogP contribution in [0.25, 0.3) is 11.0 Å². The van der Waals surface area contributed by atoms with Gasteiger partial charge in [-0.2, -0.15) is 0 Å². The fourth-order valence-corrected chi connectivity index (χ4v) is 3.08. The van der Waals surface area contributed by atoms with Gasteiger partial charge < -0.3 is 4.57 Å². The summed E-state index contributed by atoms with van der Waals surface area (Å²) in [4.78, 5) is 16.6. The zero-order chi connectivity index (χ0) is 13.2. The third-order valence-electron chi connectivity index (χ3n) is 4.04. The lowest BCUT2D eigenvalue weighted by Gasteiger charge is -2.10. The molecule has 1 saturated carbocycles. The van der Waals surface area contributed by atoms with Crippen LogP contribution in [0.5, 0.6) is 0 Å². The third-order valence-corrected chi connectivity index (χ3v) is 4.04. The molecule has 1 aromatic heterocycles. The van der Waals surface area contributed by atoms with E-state index in [2.05, 4.69) is 29.7 Å². The largest absolute Gasteiger partial charge is 0.328 e. The first-order chi connectivity index (χ1) is 9.29. The van der Waals surface area contributed by atoms with Gasteiger partial charge in [-0.3, -0.25) is 4.79 Å². The summed E-state index contributed by atoms with van der Waals surface area (Å²) < 4.78 is 2.29. The van der Waals surface area contributed by atoms with Gasteiger partial charge in [0.1, 0.15) is 11.6 Å². The number of rotatable bonds is 4. The first kappa shape index (κ1) is 12.4. The molecule has 0 N–H and O–H groups in total. The summed E-state index contributed by atoms with van der Waals surface area (Å²) >= 11 is 0. The van der Waals surface area contributed by atoms with E-state index in [-0.39, 0.29) is 5.92 Å². The monoisotopic (exact) mass is 256 g/mol. The van der Waals surface area contributed by atoms with E-state index in [1.165, 1.54) is 5.52 Å². The van der Waals surface area contributed by atoms with Crippen LogP contribution >= 0.6 is 0 Å². The Labute approximate surface area is 113 Å². The Morgan fingerprint density at radius 2 is 2.21 bits per heavy atom. The molecule has 100 valence electrons. The fourth-order valence-electron chi connectivity index (χ4n) is 3.08. The predicted molar refractivity (Wildman–Crippen MR) is 76.1 cm³/mol. The molecule has 0 spiro atoms. The molecule has 3 heteroatoms. The van der Waals surface area contributed by atoms with Crippen LogP contribution in [0.1, 0.15) is 38.4 Å². The second-order valence-corrected chi connectivity index (χ2v) is 5.43. The van der Waals surface area contributed by atoms with Crippen molar-refractivity contribution in [3.63, 3.8) is 0 Å². The Kier molecular flexibility index (Phi) is 3.36. The number of fused-ring (bicyclic) bond motifs is 1. The van der Waals surface area contributed by atoms with Gasteiger partial charge in [0.05, 0.1) is 11.0 Å². The van der Waals surface area contributed by atoms with Gasteiger partial charge in [0, 0.05) is 25.3 Å². The Hall–Kier alpha value is -1.64. The van der Waals surface area contributed by atoms with E-state index in [0.29, 0.717) is 5.78 Å². The van der Waals surface area contributed by atoms with Crippen LogP contribution in [0.15, 0.2) is 24.3 Å². The van der Waals surface area contributed by atoms with E-state index in [0.717, 1.165) is 50.0 Å². The van der Waals surface area contributed by atoms with Crippen molar-refractivity contribution in [2.75, 3.05) is 0 Å². The van der Waals surface area contributed by atoms with Crippen molar-refractivity contribution in [1.82, 2.24) is 9.55 Å². The maximum atomic E-state index is 11.8. The van der Waals surface area contributed by atoms with Crippen molar-refractivity contribution in [2.45, 2.75) is 45.6 Å². The lowest BCUT2D eigenvalue weighted by Crippen LogP contribution is -2.14. The Morgan fingerprint density at radius 1 is 1.37 bits per heavy atom. The lowest BCUT2D eigenvalue weighted by atomic mass is 10.0. The van der Waals surface area contributed by atoms with Crippen molar-refractivity contribution in [2.24, 2.45) is 5.92 Å². The average molecular weight is 256 g/mol. The van der Waals surface area contributed by atoms with Crippen LogP contribution in [-0.4, -0.2) is 15.3 Å². The molecule has 1 atom stereocenters. The molecule has 0 radical (unpaired) electrons. The van der Waals surface area contributed by atoms with Gasteiger partial charge in [-0.25, -0.2) is 4.98 Å². The second kappa shape index (κ2) is 5.16. The fraction of sp³-hybridized carbons (Fsp3) is 0.500. The molecule has 1 aromatic carbocycles. The number of para-hydroxylation sites is 2. The van der Waals surface area contributed by atoms with Crippen molar-refractivity contribution >= 4 is 16.8 Å². The number of hydrogen-bond acceptors (Lipinski definition) is 2. The van der Waals surface area contributed by atoms with Crippen LogP contribution in [-0.2, 0) is 17.8 Å². The number of nitrogens with zero attached hydrogens (tertiary/aromatic N) is 2. The number of carbonyl (C=O) groups excluding carboxylic acids is 1. The standard InChI is InChI=1S/C16H20N2O/c1-2-10-18-14-8-4-3-7-13(14)17-16(18)11-12-6-5-9-15(12)19/h3-4,7-8,12H,2,5-6,9-11H2,1H3. The lowest BCUT2D eigenvalue weighted by molar-refractivity contribution is -0.120. The Balaban J connectivity index is 1.97. The summed E-state index contributed by atoms with van der Waals surface area (Å²) in [6.07, 6.45) is 4.75. The van der Waals surface area contributed by atoms with E-state index in [1.54, 1.807) is 0 Å². The summed E-state index contributed by atoms with van der Waals surface area (Å²) in [5, 5.41) is 0. The molecule has 1 aliphatic carbocycles. The molecular formula is C16H20N2O. The highest BCUT2D eigenvalue weighted by molar-refractivity contribution is 5.83. The quantitative estimate of drug-likeness (QED) is 0.840. The minimum atomic E-state index is 0.201. The zero-order valence-electron chi connectivity index (χ0n) is 11.4. The number of Topliss-reactive ketones (excluding diaryl/α,β-unsaturated/α-hetero) is 1. The van der Waals surface area contributed by atoms with Gasteiger partial charge in [0.15, 0.2) is 0 Å². The summed E-state index contributed by atoms with van der Waals surface area (Å²) in [6, 6.07) is 8.26. The van der Waals surface area contributed by atoms with Gasteiger partial charge in [-0.05, 0) is 31.4 Å². The maximum Gasteiger partial charge on any atom is 0.136 e. The molecule has 0 aliphatic heterocycles. The molecule has 0 saturated heterocycles. The summed E-state index contributed by atoms with van der Waals surface area (Å²) in [5.74, 6) is 1.71. The number of aryl methyl sites for hydroxylation is 1. The molecule has 1 aliphatic rings. The molecule has 19 heavy (non-hydrogen) atoms. The third kappa shape index (κ3) is 2.29. The Bertz CT molecular complexity index is 600. The predicted octanol–water partition coefficient (Wildman–Crippen LogP) is 3.36. The highest BCUT2D eigenvalue weighted by Crippen LogP contribution is 2.26. The van der Waals surface area contributed by atoms with Crippen molar-refractivity contribution in [3.8, 4) is 0 Å². The number of carbonyl (C=O) groups is 1. The smallest absolute Gasteiger partial charge is 0.136 e. The van der Waals surface area contributed by atoms with Crippen LogP contribution < -0.4 is 0 Å². The van der Waals surface area contributed by atoms with Crippen LogP contribution in [0.4, 0.5) is 0 Å². The molecule has 2 aromatic rings. The molecule has 1 heterocycles. The molecular weight excluding hydrogens is 236 g/mol. The van der Waals surface area contributed by atoms with Gasteiger partial charge in [0.25, 0.3) is 0 Å². The molecule has 0 amide bonds.